The fourth-order valence-electron chi connectivity index (χ4n) is 4.24. The van der Waals surface area contributed by atoms with Crippen molar-refractivity contribution in [2.45, 2.75) is 45.1 Å². The number of amides is 3. The third kappa shape index (κ3) is 4.26. The van der Waals surface area contributed by atoms with Crippen molar-refractivity contribution in [3.05, 3.63) is 58.6 Å². The highest BCUT2D eigenvalue weighted by atomic mass is 35.5. The minimum atomic E-state index is -0.415. The summed E-state index contributed by atoms with van der Waals surface area (Å²) in [4.78, 5) is 37.9. The van der Waals surface area contributed by atoms with Gasteiger partial charge in [-0.15, -0.1) is 0 Å². The van der Waals surface area contributed by atoms with Crippen LogP contribution in [0.4, 0.5) is 0 Å². The Morgan fingerprint density at radius 2 is 1.83 bits per heavy atom. The van der Waals surface area contributed by atoms with Gasteiger partial charge in [-0.3, -0.25) is 19.7 Å². The number of rotatable bonds is 4. The first-order valence-corrected chi connectivity index (χ1v) is 10.8. The van der Waals surface area contributed by atoms with Gasteiger partial charge in [0.2, 0.25) is 17.7 Å². The molecule has 4 rings (SSSR count). The van der Waals surface area contributed by atoms with Crippen molar-refractivity contribution in [1.82, 2.24) is 10.2 Å². The zero-order valence-corrected chi connectivity index (χ0v) is 17.7. The predicted molar refractivity (Wildman–Crippen MR) is 116 cm³/mol. The Bertz CT molecular complexity index is 986. The average Bonchev–Trinajstić information content (AvgIpc) is 2.71. The van der Waals surface area contributed by atoms with Crippen LogP contribution in [0.3, 0.4) is 0 Å². The zero-order chi connectivity index (χ0) is 21.3. The van der Waals surface area contributed by atoms with Crippen LogP contribution in [-0.4, -0.2) is 29.2 Å². The summed E-state index contributed by atoms with van der Waals surface area (Å²) in [5, 5.41) is 2.94. The average molecular weight is 425 g/mol. The van der Waals surface area contributed by atoms with Crippen molar-refractivity contribution in [3.63, 3.8) is 0 Å². The molecule has 2 aromatic rings. The van der Waals surface area contributed by atoms with E-state index < -0.39 is 5.92 Å². The topological polar surface area (TPSA) is 66.5 Å². The Labute approximate surface area is 181 Å². The van der Waals surface area contributed by atoms with Gasteiger partial charge in [-0.2, -0.15) is 0 Å². The monoisotopic (exact) mass is 424 g/mol. The first-order chi connectivity index (χ1) is 14.4. The summed E-state index contributed by atoms with van der Waals surface area (Å²) >= 11 is 6.69. The van der Waals surface area contributed by atoms with Gasteiger partial charge >= 0.3 is 0 Å². The number of nitrogens with zero attached hydrogens (tertiary/aromatic N) is 1. The number of likely N-dealkylation sites (tertiary alicyclic amines) is 1. The number of halogens is 1. The van der Waals surface area contributed by atoms with E-state index in [2.05, 4.69) is 12.2 Å². The highest BCUT2D eigenvalue weighted by Gasteiger charge is 2.30. The number of carbonyl (C=O) groups excluding carboxylic acids is 3. The van der Waals surface area contributed by atoms with E-state index in [1.165, 1.54) is 0 Å². The van der Waals surface area contributed by atoms with Crippen LogP contribution >= 0.6 is 11.6 Å². The van der Waals surface area contributed by atoms with Crippen molar-refractivity contribution < 1.29 is 14.4 Å². The molecule has 2 aliphatic heterocycles. The van der Waals surface area contributed by atoms with Gasteiger partial charge in [0, 0.05) is 31.5 Å². The molecule has 2 unspecified atom stereocenters. The van der Waals surface area contributed by atoms with E-state index in [1.54, 1.807) is 0 Å². The molecule has 156 valence electrons. The molecule has 1 N–H and O–H groups in total. The van der Waals surface area contributed by atoms with E-state index in [0.29, 0.717) is 36.7 Å². The lowest BCUT2D eigenvalue weighted by Gasteiger charge is -2.30. The third-order valence-corrected chi connectivity index (χ3v) is 6.47. The quantitative estimate of drug-likeness (QED) is 0.744. The molecule has 2 fully saturated rings. The molecule has 2 aromatic carbocycles. The van der Waals surface area contributed by atoms with Crippen LogP contribution in [0.25, 0.3) is 11.1 Å². The van der Waals surface area contributed by atoms with Crippen LogP contribution in [-0.2, 0) is 20.9 Å². The van der Waals surface area contributed by atoms with E-state index in [4.69, 9.17) is 11.6 Å². The lowest BCUT2D eigenvalue weighted by atomic mass is 9.88. The molecule has 0 bridgehead atoms. The third-order valence-electron chi connectivity index (χ3n) is 6.05. The van der Waals surface area contributed by atoms with Gasteiger partial charge in [0.1, 0.15) is 0 Å². The molecule has 30 heavy (non-hydrogen) atoms. The van der Waals surface area contributed by atoms with E-state index in [0.717, 1.165) is 35.2 Å². The molecule has 3 amide bonds. The summed E-state index contributed by atoms with van der Waals surface area (Å²) in [6.07, 6.45) is 2.46. The second kappa shape index (κ2) is 8.60. The van der Waals surface area contributed by atoms with Crippen LogP contribution < -0.4 is 5.32 Å². The van der Waals surface area contributed by atoms with Crippen molar-refractivity contribution in [2.75, 3.05) is 6.54 Å². The molecule has 0 saturated carbocycles. The van der Waals surface area contributed by atoms with Crippen molar-refractivity contribution in [2.24, 2.45) is 5.92 Å². The van der Waals surface area contributed by atoms with Gasteiger partial charge in [0.05, 0.1) is 10.9 Å². The molecule has 0 spiro atoms. The normalized spacial score (nSPS) is 22.2. The number of imide groups is 1. The lowest BCUT2D eigenvalue weighted by Crippen LogP contribution is -2.39. The van der Waals surface area contributed by atoms with Crippen LogP contribution in [0.15, 0.2) is 42.5 Å². The van der Waals surface area contributed by atoms with Crippen LogP contribution in [0.2, 0.25) is 5.02 Å². The second-order valence-corrected chi connectivity index (χ2v) is 8.70. The Hall–Kier alpha value is -2.66. The first-order valence-electron chi connectivity index (χ1n) is 10.4. The number of piperidine rings is 2. The van der Waals surface area contributed by atoms with Gasteiger partial charge in [0.25, 0.3) is 0 Å². The summed E-state index contributed by atoms with van der Waals surface area (Å²) < 4.78 is 0. The first kappa shape index (κ1) is 20.6. The van der Waals surface area contributed by atoms with Crippen molar-refractivity contribution >= 4 is 29.3 Å². The minimum Gasteiger partial charge on any atom is -0.338 e. The summed E-state index contributed by atoms with van der Waals surface area (Å²) in [5.41, 5.74) is 3.64. The molecule has 0 aromatic heterocycles. The van der Waals surface area contributed by atoms with Gasteiger partial charge in [-0.05, 0) is 35.4 Å². The molecule has 2 saturated heterocycles. The van der Waals surface area contributed by atoms with E-state index in [-0.39, 0.29) is 17.7 Å². The summed E-state index contributed by atoms with van der Waals surface area (Å²) in [6.45, 7) is 3.55. The van der Waals surface area contributed by atoms with Gasteiger partial charge in [0.15, 0.2) is 0 Å². The number of hydrogen-bond acceptors (Lipinski definition) is 3. The maximum absolute atomic E-state index is 12.3. The Morgan fingerprint density at radius 3 is 2.53 bits per heavy atom. The van der Waals surface area contributed by atoms with Gasteiger partial charge < -0.3 is 4.90 Å². The second-order valence-electron chi connectivity index (χ2n) is 8.32. The van der Waals surface area contributed by atoms with E-state index >= 15 is 0 Å². The largest absolute Gasteiger partial charge is 0.338 e. The van der Waals surface area contributed by atoms with E-state index in [9.17, 15) is 14.4 Å². The molecule has 0 aliphatic carbocycles. The minimum absolute atomic E-state index is 0.220. The Kier molecular flexibility index (Phi) is 5.91. The smallest absolute Gasteiger partial charge is 0.234 e. The maximum atomic E-state index is 12.3. The van der Waals surface area contributed by atoms with E-state index in [1.807, 2.05) is 47.4 Å². The molecule has 2 aliphatic rings. The number of nitrogens with one attached hydrogen (secondary N) is 1. The fraction of sp³-hybridized carbons (Fsp3) is 0.375. The Balaban J connectivity index is 1.53. The number of hydrogen-bond donors (Lipinski definition) is 1. The molecule has 2 heterocycles. The molecule has 6 heteroatoms. The highest BCUT2D eigenvalue weighted by molar-refractivity contribution is 6.34. The molecule has 2 atom stereocenters. The number of carbonyl (C=O) groups is 3. The van der Waals surface area contributed by atoms with Crippen LogP contribution in [0, 0.1) is 5.92 Å². The molecular formula is C24H25ClN2O3. The SMILES string of the molecule is CC1CCN(Cc2ccc(-c3cccc(C4CCC(=O)NC4=O)c3Cl)cc2)C(=O)C1. The Morgan fingerprint density at radius 1 is 1.07 bits per heavy atom. The molecular weight excluding hydrogens is 400 g/mol. The molecule has 5 nitrogen and oxygen atoms in total. The summed E-state index contributed by atoms with van der Waals surface area (Å²) in [5.74, 6) is -0.253. The zero-order valence-electron chi connectivity index (χ0n) is 17.0. The molecule has 0 radical (unpaired) electrons. The van der Waals surface area contributed by atoms with Crippen molar-refractivity contribution in [3.8, 4) is 11.1 Å². The van der Waals surface area contributed by atoms with Crippen LogP contribution in [0.5, 0.6) is 0 Å². The standard InChI is InChI=1S/C24H25ClN2O3/c1-15-11-12-27(22(29)13-15)14-16-5-7-17(8-6-16)18-3-2-4-19(23(18)25)20-9-10-21(28)26-24(20)30/h2-8,15,20H,9-14H2,1H3,(H,26,28,30). The van der Waals surface area contributed by atoms with Gasteiger partial charge in [-0.1, -0.05) is 61.0 Å². The highest BCUT2D eigenvalue weighted by Crippen LogP contribution is 2.37. The number of benzene rings is 2. The van der Waals surface area contributed by atoms with Crippen molar-refractivity contribution in [1.29, 1.82) is 0 Å². The van der Waals surface area contributed by atoms with Gasteiger partial charge in [-0.25, -0.2) is 0 Å². The lowest BCUT2D eigenvalue weighted by molar-refractivity contribution is -0.136. The summed E-state index contributed by atoms with van der Waals surface area (Å²) in [6, 6.07) is 13.7. The fourth-order valence-corrected chi connectivity index (χ4v) is 4.61. The maximum Gasteiger partial charge on any atom is 0.234 e. The predicted octanol–water partition coefficient (Wildman–Crippen LogP) is 4.29. The summed E-state index contributed by atoms with van der Waals surface area (Å²) in [7, 11) is 0. The van der Waals surface area contributed by atoms with Crippen LogP contribution in [0.1, 0.15) is 49.7 Å².